The summed E-state index contributed by atoms with van der Waals surface area (Å²) in [6, 6.07) is 0. The second-order valence-electron chi connectivity index (χ2n) is 7.96. The Hall–Kier alpha value is -2.69. The van der Waals surface area contributed by atoms with Crippen LogP contribution in [0.25, 0.3) is 0 Å². The Morgan fingerprint density at radius 2 is 1.50 bits per heavy atom. The Bertz CT molecular complexity index is 675. The number of esters is 2. The first-order chi connectivity index (χ1) is 15.1. The van der Waals surface area contributed by atoms with Gasteiger partial charge in [-0.25, -0.2) is 9.59 Å². The van der Waals surface area contributed by atoms with Crippen molar-refractivity contribution in [3.8, 4) is 0 Å². The van der Waals surface area contributed by atoms with Gasteiger partial charge in [0.05, 0.1) is 13.0 Å². The van der Waals surface area contributed by atoms with Gasteiger partial charge in [-0.05, 0) is 12.8 Å². The first-order valence-corrected chi connectivity index (χ1v) is 10.8. The summed E-state index contributed by atoms with van der Waals surface area (Å²) in [4.78, 5) is 56.3. The number of carbonyl (C=O) groups is 5. The first-order valence-electron chi connectivity index (χ1n) is 10.8. The summed E-state index contributed by atoms with van der Waals surface area (Å²) in [6.45, 7) is 0.113. The molecule has 0 radical (unpaired) electrons. The van der Waals surface area contributed by atoms with Gasteiger partial charge in [0.1, 0.15) is 5.92 Å². The van der Waals surface area contributed by atoms with E-state index in [1.54, 1.807) is 0 Å². The summed E-state index contributed by atoms with van der Waals surface area (Å²) in [5.41, 5.74) is -1.98. The zero-order chi connectivity index (χ0) is 24.1. The third kappa shape index (κ3) is 8.81. The molecule has 1 fully saturated rings. The van der Waals surface area contributed by atoms with Crippen molar-refractivity contribution in [3.63, 3.8) is 0 Å². The van der Waals surface area contributed by atoms with Crippen LogP contribution in [0.15, 0.2) is 0 Å². The zero-order valence-electron chi connectivity index (χ0n) is 18.0. The predicted octanol–water partition coefficient (Wildman–Crippen LogP) is 1.74. The Morgan fingerprint density at radius 1 is 0.938 bits per heavy atom. The molecule has 0 aromatic heterocycles. The van der Waals surface area contributed by atoms with Crippen molar-refractivity contribution < 1.29 is 53.9 Å². The van der Waals surface area contributed by atoms with E-state index in [2.05, 4.69) is 0 Å². The molecular formula is C21H32O11. The standard InChI is InChI=1S/C21H32O11/c22-15(13-16(23)24)19(28)31-12-8-6-4-2-1-3-5-7-9-14(18(26)27)21(20(29)30)11-10-17(25)32-21/h14-15,22H,1-13H2,(H,23,24)(H,26,27)(H,29,30)/t14-,15+,21+/m0/s1. The lowest BCUT2D eigenvalue weighted by Crippen LogP contribution is -2.49. The van der Waals surface area contributed by atoms with Crippen LogP contribution >= 0.6 is 0 Å². The number of unbranched alkanes of at least 4 members (excludes halogenated alkanes) is 7. The number of aliphatic carboxylic acids is 3. The molecule has 11 heteroatoms. The van der Waals surface area contributed by atoms with Gasteiger partial charge in [-0.15, -0.1) is 0 Å². The second kappa shape index (κ2) is 13.7. The molecule has 0 unspecified atom stereocenters. The van der Waals surface area contributed by atoms with Gasteiger partial charge in [-0.1, -0.05) is 44.9 Å². The monoisotopic (exact) mass is 460 g/mol. The molecule has 3 atom stereocenters. The topological polar surface area (TPSA) is 185 Å². The molecule has 0 aliphatic carbocycles. The Labute approximate surface area is 185 Å². The number of carboxylic acid groups (broad SMARTS) is 3. The third-order valence-corrected chi connectivity index (χ3v) is 5.49. The molecule has 1 aliphatic rings. The maximum Gasteiger partial charge on any atom is 0.349 e. The molecule has 182 valence electrons. The van der Waals surface area contributed by atoms with Crippen LogP contribution in [0.5, 0.6) is 0 Å². The van der Waals surface area contributed by atoms with Gasteiger partial charge in [0, 0.05) is 12.8 Å². The molecule has 1 heterocycles. The highest BCUT2D eigenvalue weighted by Gasteiger charge is 2.56. The smallest absolute Gasteiger partial charge is 0.349 e. The highest BCUT2D eigenvalue weighted by molar-refractivity contribution is 5.91. The number of hydrogen-bond acceptors (Lipinski definition) is 8. The third-order valence-electron chi connectivity index (χ3n) is 5.49. The van der Waals surface area contributed by atoms with Crippen molar-refractivity contribution in [2.75, 3.05) is 6.61 Å². The van der Waals surface area contributed by atoms with Crippen LogP contribution in [0, 0.1) is 5.92 Å². The number of ether oxygens (including phenoxy) is 2. The summed E-state index contributed by atoms with van der Waals surface area (Å²) < 4.78 is 9.74. The average Bonchev–Trinajstić information content (AvgIpc) is 3.10. The second-order valence-corrected chi connectivity index (χ2v) is 7.96. The molecule has 0 amide bonds. The molecule has 0 aromatic rings. The van der Waals surface area contributed by atoms with Gasteiger partial charge in [0.25, 0.3) is 0 Å². The van der Waals surface area contributed by atoms with Gasteiger partial charge < -0.3 is 29.9 Å². The molecule has 1 rings (SSSR count). The lowest BCUT2D eigenvalue weighted by molar-refractivity contribution is -0.182. The fourth-order valence-corrected chi connectivity index (χ4v) is 3.72. The van der Waals surface area contributed by atoms with Gasteiger partial charge in [-0.3, -0.25) is 14.4 Å². The molecule has 11 nitrogen and oxygen atoms in total. The van der Waals surface area contributed by atoms with Gasteiger partial charge >= 0.3 is 29.8 Å². The van der Waals surface area contributed by atoms with E-state index in [0.717, 1.165) is 38.5 Å². The Morgan fingerprint density at radius 3 is 1.97 bits per heavy atom. The number of carboxylic acids is 3. The van der Waals surface area contributed by atoms with E-state index in [4.69, 9.17) is 14.6 Å². The van der Waals surface area contributed by atoms with Gasteiger partial charge in [0.2, 0.25) is 5.60 Å². The van der Waals surface area contributed by atoms with E-state index >= 15 is 0 Å². The summed E-state index contributed by atoms with van der Waals surface area (Å²) in [5.74, 6) is -6.88. The normalized spacial score (nSPS) is 19.7. The fraction of sp³-hybridized carbons (Fsp3) is 0.762. The van der Waals surface area contributed by atoms with Crippen LogP contribution in [0.4, 0.5) is 0 Å². The lowest BCUT2D eigenvalue weighted by atomic mass is 9.81. The molecule has 4 N–H and O–H groups in total. The summed E-state index contributed by atoms with van der Waals surface area (Å²) in [7, 11) is 0. The maximum atomic E-state index is 11.6. The number of cyclic esters (lactones) is 1. The summed E-state index contributed by atoms with van der Waals surface area (Å²) >= 11 is 0. The Balaban J connectivity index is 2.14. The van der Waals surface area contributed by atoms with Crippen LogP contribution in [0.3, 0.4) is 0 Å². The number of hydrogen-bond donors (Lipinski definition) is 4. The SMILES string of the molecule is O=C(O)C[C@@H](O)C(=O)OCCCCCCCCCC[C@@H](C(=O)O)[C@@]1(C(=O)O)CCC(=O)O1. The lowest BCUT2D eigenvalue weighted by Gasteiger charge is -2.29. The maximum absolute atomic E-state index is 11.6. The van der Waals surface area contributed by atoms with Crippen molar-refractivity contribution in [1.82, 2.24) is 0 Å². The van der Waals surface area contributed by atoms with Crippen LogP contribution in [-0.2, 0) is 33.4 Å². The minimum atomic E-state index is -1.98. The van der Waals surface area contributed by atoms with Crippen molar-refractivity contribution in [3.05, 3.63) is 0 Å². The molecule has 0 spiro atoms. The van der Waals surface area contributed by atoms with E-state index in [9.17, 15) is 39.3 Å². The van der Waals surface area contributed by atoms with Crippen LogP contribution < -0.4 is 0 Å². The van der Waals surface area contributed by atoms with Crippen LogP contribution in [0.2, 0.25) is 0 Å². The van der Waals surface area contributed by atoms with Crippen molar-refractivity contribution in [2.24, 2.45) is 5.92 Å². The van der Waals surface area contributed by atoms with E-state index in [1.807, 2.05) is 0 Å². The molecule has 1 aliphatic heterocycles. The number of rotatable bonds is 17. The fourth-order valence-electron chi connectivity index (χ4n) is 3.72. The molecule has 0 bridgehead atoms. The molecule has 1 saturated heterocycles. The van der Waals surface area contributed by atoms with E-state index < -0.39 is 53.9 Å². The van der Waals surface area contributed by atoms with Crippen LogP contribution in [0.1, 0.15) is 77.0 Å². The highest BCUT2D eigenvalue weighted by atomic mass is 16.6. The summed E-state index contributed by atoms with van der Waals surface area (Å²) in [5, 5.41) is 36.7. The van der Waals surface area contributed by atoms with E-state index in [1.165, 1.54) is 0 Å². The Kier molecular flexibility index (Phi) is 11.7. The quantitative estimate of drug-likeness (QED) is 0.183. The molecule has 0 aromatic carbocycles. The summed E-state index contributed by atoms with van der Waals surface area (Å²) in [6.07, 6.45) is 3.77. The molecule has 0 saturated carbocycles. The van der Waals surface area contributed by atoms with Gasteiger partial charge in [-0.2, -0.15) is 0 Å². The van der Waals surface area contributed by atoms with Crippen LogP contribution in [-0.4, -0.2) is 68.6 Å². The van der Waals surface area contributed by atoms with Crippen molar-refractivity contribution >= 4 is 29.8 Å². The number of aliphatic hydroxyl groups is 1. The zero-order valence-corrected chi connectivity index (χ0v) is 18.0. The van der Waals surface area contributed by atoms with E-state index in [-0.39, 0.29) is 25.9 Å². The van der Waals surface area contributed by atoms with Crippen molar-refractivity contribution in [1.29, 1.82) is 0 Å². The first kappa shape index (κ1) is 27.3. The molecular weight excluding hydrogens is 428 g/mol. The van der Waals surface area contributed by atoms with Crippen molar-refractivity contribution in [2.45, 2.75) is 88.8 Å². The minimum absolute atomic E-state index is 0.0990. The van der Waals surface area contributed by atoms with E-state index in [0.29, 0.717) is 12.8 Å². The highest BCUT2D eigenvalue weighted by Crippen LogP contribution is 2.37. The molecule has 32 heavy (non-hydrogen) atoms. The minimum Gasteiger partial charge on any atom is -0.481 e. The van der Waals surface area contributed by atoms with Gasteiger partial charge in [0.15, 0.2) is 6.10 Å². The number of carbonyl (C=O) groups excluding carboxylic acids is 2. The predicted molar refractivity (Wildman–Crippen MR) is 108 cm³/mol. The number of aliphatic hydroxyl groups excluding tert-OH is 1. The largest absolute Gasteiger partial charge is 0.481 e. The average molecular weight is 460 g/mol.